The number of rotatable bonds is 9. The molecule has 6 nitrogen and oxygen atoms in total. The maximum absolute atomic E-state index is 12.0. The van der Waals surface area contributed by atoms with Crippen LogP contribution in [0.3, 0.4) is 0 Å². The van der Waals surface area contributed by atoms with E-state index in [9.17, 15) is 4.79 Å². The largest absolute Gasteiger partial charge is 0.394 e. The van der Waals surface area contributed by atoms with Crippen LogP contribution in [0.5, 0.6) is 0 Å². The molecule has 2 aromatic heterocycles. The molecule has 0 aliphatic rings. The summed E-state index contributed by atoms with van der Waals surface area (Å²) in [5.74, 6) is 0.930. The van der Waals surface area contributed by atoms with E-state index < -0.39 is 0 Å². The van der Waals surface area contributed by atoms with Crippen molar-refractivity contribution in [3.63, 3.8) is 0 Å². The van der Waals surface area contributed by atoms with E-state index in [0.717, 1.165) is 10.6 Å². The first-order chi connectivity index (χ1) is 11.1. The van der Waals surface area contributed by atoms with E-state index >= 15 is 0 Å². The minimum atomic E-state index is -0.120. The molecule has 0 unspecified atom stereocenters. The zero-order chi connectivity index (χ0) is 16.7. The molecular formula is C16H23N3O3S. The molecule has 0 radical (unpaired) electrons. The molecule has 2 aromatic rings. The van der Waals surface area contributed by atoms with E-state index in [2.05, 4.69) is 24.3 Å². The topological polar surface area (TPSA) is 76.4 Å². The first kappa shape index (κ1) is 17.7. The molecule has 0 spiro atoms. The summed E-state index contributed by atoms with van der Waals surface area (Å²) in [6.45, 7) is 5.49. The van der Waals surface area contributed by atoms with Gasteiger partial charge >= 0.3 is 0 Å². The van der Waals surface area contributed by atoms with Crippen LogP contribution in [0.15, 0.2) is 23.6 Å². The van der Waals surface area contributed by atoms with Gasteiger partial charge in [-0.1, -0.05) is 19.9 Å². The van der Waals surface area contributed by atoms with Gasteiger partial charge in [0.15, 0.2) is 0 Å². The van der Waals surface area contributed by atoms with Gasteiger partial charge in [0.25, 0.3) is 0 Å². The quantitative estimate of drug-likeness (QED) is 0.690. The number of hydrogen-bond acceptors (Lipinski definition) is 5. The van der Waals surface area contributed by atoms with Crippen LogP contribution in [0.25, 0.3) is 10.6 Å². The molecule has 0 bridgehead atoms. The third-order valence-electron chi connectivity index (χ3n) is 3.06. The smallest absolute Gasteiger partial charge is 0.227 e. The maximum Gasteiger partial charge on any atom is 0.227 e. The van der Waals surface area contributed by atoms with Gasteiger partial charge in [-0.25, -0.2) is 4.68 Å². The highest BCUT2D eigenvalue weighted by molar-refractivity contribution is 7.13. The Hall–Kier alpha value is -1.70. The SMILES string of the molecule is CC(C)COCCC(=O)Nc1cc(-c2cccs2)nn1CCO. The first-order valence-electron chi connectivity index (χ1n) is 7.70. The van der Waals surface area contributed by atoms with Crippen molar-refractivity contribution in [3.8, 4) is 10.6 Å². The number of nitrogens with one attached hydrogen (secondary N) is 1. The number of aliphatic hydroxyl groups is 1. The number of amides is 1. The highest BCUT2D eigenvalue weighted by Crippen LogP contribution is 2.26. The summed E-state index contributed by atoms with van der Waals surface area (Å²) in [6, 6.07) is 5.76. The van der Waals surface area contributed by atoms with E-state index in [1.165, 1.54) is 0 Å². The predicted octanol–water partition coefficient (Wildman–Crippen LogP) is 2.61. The Kier molecular flexibility index (Phi) is 6.76. The van der Waals surface area contributed by atoms with E-state index in [4.69, 9.17) is 9.84 Å². The van der Waals surface area contributed by atoms with Crippen LogP contribution in [-0.2, 0) is 16.1 Å². The van der Waals surface area contributed by atoms with Crippen molar-refractivity contribution in [2.75, 3.05) is 25.1 Å². The number of anilines is 1. The minimum Gasteiger partial charge on any atom is -0.394 e. The summed E-state index contributed by atoms with van der Waals surface area (Å²) in [4.78, 5) is 13.0. The van der Waals surface area contributed by atoms with E-state index in [0.29, 0.717) is 37.9 Å². The lowest BCUT2D eigenvalue weighted by atomic mass is 10.2. The van der Waals surface area contributed by atoms with Crippen molar-refractivity contribution in [2.45, 2.75) is 26.8 Å². The number of aliphatic hydroxyl groups excluding tert-OH is 1. The van der Waals surface area contributed by atoms with Crippen molar-refractivity contribution in [3.05, 3.63) is 23.6 Å². The van der Waals surface area contributed by atoms with Crippen LogP contribution in [0.2, 0.25) is 0 Å². The molecule has 0 aliphatic carbocycles. The number of nitrogens with zero attached hydrogens (tertiary/aromatic N) is 2. The lowest BCUT2D eigenvalue weighted by Gasteiger charge is -2.09. The van der Waals surface area contributed by atoms with Crippen LogP contribution in [0.1, 0.15) is 20.3 Å². The fourth-order valence-electron chi connectivity index (χ4n) is 2.02. The average molecular weight is 337 g/mol. The Morgan fingerprint density at radius 3 is 3.00 bits per heavy atom. The maximum atomic E-state index is 12.0. The van der Waals surface area contributed by atoms with Gasteiger partial charge in [-0.3, -0.25) is 4.79 Å². The molecule has 126 valence electrons. The van der Waals surface area contributed by atoms with Crippen molar-refractivity contribution in [1.29, 1.82) is 0 Å². The molecule has 7 heteroatoms. The van der Waals surface area contributed by atoms with Crippen LogP contribution < -0.4 is 5.32 Å². The third-order valence-corrected chi connectivity index (χ3v) is 3.95. The van der Waals surface area contributed by atoms with Gasteiger partial charge in [0.2, 0.25) is 5.91 Å². The van der Waals surface area contributed by atoms with Gasteiger partial charge in [-0.05, 0) is 17.4 Å². The molecule has 0 saturated heterocycles. The van der Waals surface area contributed by atoms with Crippen molar-refractivity contribution in [1.82, 2.24) is 9.78 Å². The van der Waals surface area contributed by atoms with Gasteiger partial charge in [0.1, 0.15) is 11.5 Å². The van der Waals surface area contributed by atoms with Gasteiger partial charge in [-0.2, -0.15) is 5.10 Å². The molecule has 0 aromatic carbocycles. The molecule has 0 aliphatic heterocycles. The Morgan fingerprint density at radius 1 is 1.52 bits per heavy atom. The number of thiophene rings is 1. The van der Waals surface area contributed by atoms with E-state index in [1.807, 2.05) is 23.6 Å². The monoisotopic (exact) mass is 337 g/mol. The Morgan fingerprint density at radius 2 is 2.35 bits per heavy atom. The lowest BCUT2D eigenvalue weighted by Crippen LogP contribution is -2.18. The third kappa shape index (κ3) is 5.46. The number of ether oxygens (including phenoxy) is 1. The Bertz CT molecular complexity index is 608. The number of aromatic nitrogens is 2. The molecule has 23 heavy (non-hydrogen) atoms. The highest BCUT2D eigenvalue weighted by Gasteiger charge is 2.12. The predicted molar refractivity (Wildman–Crippen MR) is 91.5 cm³/mol. The van der Waals surface area contributed by atoms with Crippen LogP contribution in [0, 0.1) is 5.92 Å². The highest BCUT2D eigenvalue weighted by atomic mass is 32.1. The zero-order valence-electron chi connectivity index (χ0n) is 13.5. The van der Waals surface area contributed by atoms with E-state index in [-0.39, 0.29) is 12.5 Å². The molecule has 0 atom stereocenters. The molecular weight excluding hydrogens is 314 g/mol. The van der Waals surface area contributed by atoms with Crippen LogP contribution >= 0.6 is 11.3 Å². The van der Waals surface area contributed by atoms with Crippen LogP contribution in [-0.4, -0.2) is 40.6 Å². The summed E-state index contributed by atoms with van der Waals surface area (Å²) in [5, 5.41) is 18.4. The fraction of sp³-hybridized carbons (Fsp3) is 0.500. The summed E-state index contributed by atoms with van der Waals surface area (Å²) in [6.07, 6.45) is 0.297. The van der Waals surface area contributed by atoms with Crippen molar-refractivity contribution >= 4 is 23.1 Å². The van der Waals surface area contributed by atoms with Crippen LogP contribution in [0.4, 0.5) is 5.82 Å². The second-order valence-corrected chi connectivity index (χ2v) is 6.55. The minimum absolute atomic E-state index is 0.0358. The Labute approximate surface area is 140 Å². The van der Waals surface area contributed by atoms with Gasteiger partial charge in [-0.15, -0.1) is 11.3 Å². The molecule has 2 N–H and O–H groups in total. The Balaban J connectivity index is 1.96. The zero-order valence-corrected chi connectivity index (χ0v) is 14.3. The molecule has 0 saturated carbocycles. The summed E-state index contributed by atoms with van der Waals surface area (Å²) >= 11 is 1.58. The molecule has 1 amide bonds. The summed E-state index contributed by atoms with van der Waals surface area (Å²) < 4.78 is 7.04. The molecule has 0 fully saturated rings. The van der Waals surface area contributed by atoms with Gasteiger partial charge < -0.3 is 15.2 Å². The summed E-state index contributed by atoms with van der Waals surface area (Å²) in [5.41, 5.74) is 0.791. The van der Waals surface area contributed by atoms with Gasteiger partial charge in [0, 0.05) is 12.7 Å². The normalized spacial score (nSPS) is 11.1. The summed E-state index contributed by atoms with van der Waals surface area (Å²) in [7, 11) is 0. The second kappa shape index (κ2) is 8.81. The van der Waals surface area contributed by atoms with Gasteiger partial charge in [0.05, 0.1) is 31.1 Å². The molecule has 2 heterocycles. The number of carbonyl (C=O) groups is 1. The standard InChI is InChI=1S/C16H23N3O3S/c1-12(2)11-22-8-5-16(21)17-15-10-13(14-4-3-9-23-14)18-19(15)6-7-20/h3-4,9-10,12,20H,5-8,11H2,1-2H3,(H,17,21). The second-order valence-electron chi connectivity index (χ2n) is 5.61. The van der Waals surface area contributed by atoms with Crippen molar-refractivity contribution in [2.24, 2.45) is 5.92 Å². The lowest BCUT2D eigenvalue weighted by molar-refractivity contribution is -0.117. The number of carbonyl (C=O) groups excluding carboxylic acids is 1. The fourth-order valence-corrected chi connectivity index (χ4v) is 2.70. The van der Waals surface area contributed by atoms with Crippen molar-refractivity contribution < 1.29 is 14.6 Å². The molecule has 2 rings (SSSR count). The number of hydrogen-bond donors (Lipinski definition) is 2. The first-order valence-corrected chi connectivity index (χ1v) is 8.58. The average Bonchev–Trinajstić information content (AvgIpc) is 3.14. The van der Waals surface area contributed by atoms with E-state index in [1.54, 1.807) is 16.0 Å².